The van der Waals surface area contributed by atoms with Gasteiger partial charge in [-0.3, -0.25) is 12.9 Å². The normalized spacial score (nSPS) is 11.6. The summed E-state index contributed by atoms with van der Waals surface area (Å²) in [4.78, 5) is -0.0278. The molecule has 1 aromatic carbocycles. The standard InChI is InChI=1S/C7H8O3S.C2H6O4S/c1-6-4-2-3-5-7(6)11(8,9)10;1-5-7(3,4)6-2/h2-5H,1H3,(H,8,9,10);1-2H3. The molecule has 9 heteroatoms. The predicted octanol–water partition coefficient (Wildman–Crippen LogP) is 0.766. The first kappa shape index (κ1) is 17.0. The summed E-state index contributed by atoms with van der Waals surface area (Å²) in [6, 6.07) is 6.27. The van der Waals surface area contributed by atoms with Crippen molar-refractivity contribution in [2.45, 2.75) is 11.8 Å². The molecule has 0 saturated carbocycles. The maximum absolute atomic E-state index is 10.6. The van der Waals surface area contributed by atoms with Gasteiger partial charge in [0, 0.05) is 0 Å². The summed E-state index contributed by atoms with van der Waals surface area (Å²) in [5, 5.41) is 0. The molecular weight excluding hydrogens is 284 g/mol. The van der Waals surface area contributed by atoms with Gasteiger partial charge in [-0.1, -0.05) is 18.2 Å². The molecule has 18 heavy (non-hydrogen) atoms. The Labute approximate surface area is 106 Å². The van der Waals surface area contributed by atoms with E-state index in [9.17, 15) is 16.8 Å². The average molecular weight is 298 g/mol. The number of hydrogen-bond donors (Lipinski definition) is 1. The van der Waals surface area contributed by atoms with Crippen LogP contribution in [-0.2, 0) is 28.9 Å². The summed E-state index contributed by atoms with van der Waals surface area (Å²) in [5.74, 6) is 0. The topological polar surface area (TPSA) is 107 Å². The zero-order valence-corrected chi connectivity index (χ0v) is 11.7. The maximum Gasteiger partial charge on any atom is 0.399 e. The molecule has 0 fully saturated rings. The second kappa shape index (κ2) is 6.81. The van der Waals surface area contributed by atoms with E-state index in [1.165, 1.54) is 6.07 Å². The molecule has 0 atom stereocenters. The molecule has 0 aromatic heterocycles. The second-order valence-corrected chi connectivity index (χ2v) is 5.86. The van der Waals surface area contributed by atoms with Crippen molar-refractivity contribution >= 4 is 20.5 Å². The lowest BCUT2D eigenvalue weighted by Gasteiger charge is -1.99. The van der Waals surface area contributed by atoms with Gasteiger partial charge in [-0.25, -0.2) is 0 Å². The van der Waals surface area contributed by atoms with Crippen molar-refractivity contribution < 1.29 is 29.8 Å². The average Bonchev–Trinajstić information content (AvgIpc) is 2.29. The fourth-order valence-corrected chi connectivity index (χ4v) is 1.78. The Balaban J connectivity index is 0.000000360. The van der Waals surface area contributed by atoms with Crippen molar-refractivity contribution in [1.82, 2.24) is 0 Å². The molecule has 0 bridgehead atoms. The molecule has 0 aliphatic heterocycles. The Morgan fingerprint density at radius 1 is 1.00 bits per heavy atom. The smallest absolute Gasteiger partial charge is 0.282 e. The number of rotatable bonds is 3. The van der Waals surface area contributed by atoms with Gasteiger partial charge in [-0.2, -0.15) is 16.8 Å². The van der Waals surface area contributed by atoms with Crippen molar-refractivity contribution in [3.8, 4) is 0 Å². The van der Waals surface area contributed by atoms with Gasteiger partial charge in [0.15, 0.2) is 0 Å². The Morgan fingerprint density at radius 3 is 1.67 bits per heavy atom. The molecule has 0 saturated heterocycles. The van der Waals surface area contributed by atoms with Gasteiger partial charge in [-0.05, 0) is 18.6 Å². The SMILES string of the molecule is COS(=O)(=O)OC.Cc1ccccc1S(=O)(=O)O. The summed E-state index contributed by atoms with van der Waals surface area (Å²) < 4.78 is 57.4. The number of aryl methyl sites for hydroxylation is 1. The Kier molecular flexibility index (Phi) is 6.43. The lowest BCUT2D eigenvalue weighted by molar-refractivity contribution is 0.286. The van der Waals surface area contributed by atoms with E-state index in [4.69, 9.17) is 4.55 Å². The molecule has 0 aliphatic rings. The van der Waals surface area contributed by atoms with Crippen LogP contribution >= 0.6 is 0 Å². The van der Waals surface area contributed by atoms with Crippen LogP contribution < -0.4 is 0 Å². The molecule has 0 heterocycles. The molecule has 1 aromatic rings. The van der Waals surface area contributed by atoms with E-state index in [-0.39, 0.29) is 4.90 Å². The van der Waals surface area contributed by atoms with E-state index in [2.05, 4.69) is 8.37 Å². The molecule has 0 unspecified atom stereocenters. The zero-order chi connectivity index (χ0) is 14.4. The number of benzene rings is 1. The summed E-state index contributed by atoms with van der Waals surface area (Å²) >= 11 is 0. The fraction of sp³-hybridized carbons (Fsp3) is 0.333. The minimum Gasteiger partial charge on any atom is -0.282 e. The van der Waals surface area contributed by atoms with Gasteiger partial charge < -0.3 is 0 Å². The van der Waals surface area contributed by atoms with Gasteiger partial charge in [0.2, 0.25) is 0 Å². The van der Waals surface area contributed by atoms with Crippen LogP contribution in [-0.4, -0.2) is 35.6 Å². The van der Waals surface area contributed by atoms with Crippen molar-refractivity contribution in [2.75, 3.05) is 14.2 Å². The second-order valence-electron chi connectivity index (χ2n) is 2.98. The third-order valence-electron chi connectivity index (χ3n) is 1.78. The van der Waals surface area contributed by atoms with Gasteiger partial charge >= 0.3 is 10.4 Å². The zero-order valence-electron chi connectivity index (χ0n) is 10.0. The van der Waals surface area contributed by atoms with Crippen LogP contribution in [0.15, 0.2) is 29.2 Å². The predicted molar refractivity (Wildman–Crippen MR) is 63.9 cm³/mol. The van der Waals surface area contributed by atoms with E-state index < -0.39 is 20.5 Å². The summed E-state index contributed by atoms with van der Waals surface area (Å²) in [7, 11) is -5.64. The van der Waals surface area contributed by atoms with Gasteiger partial charge in [0.25, 0.3) is 10.1 Å². The van der Waals surface area contributed by atoms with Crippen LogP contribution in [0, 0.1) is 6.92 Å². The van der Waals surface area contributed by atoms with Gasteiger partial charge in [0.1, 0.15) is 0 Å². The fourth-order valence-electron chi connectivity index (χ4n) is 0.914. The lowest BCUT2D eigenvalue weighted by Crippen LogP contribution is -2.02. The molecule has 104 valence electrons. The molecule has 0 spiro atoms. The summed E-state index contributed by atoms with van der Waals surface area (Å²) in [6.45, 7) is 1.63. The lowest BCUT2D eigenvalue weighted by atomic mass is 10.2. The molecule has 7 nitrogen and oxygen atoms in total. The minimum atomic E-state index is -4.03. The third kappa shape index (κ3) is 6.07. The van der Waals surface area contributed by atoms with E-state index in [0.717, 1.165) is 14.2 Å². The Morgan fingerprint density at radius 2 is 1.44 bits per heavy atom. The molecule has 1 rings (SSSR count). The molecule has 0 radical (unpaired) electrons. The van der Waals surface area contributed by atoms with Crippen molar-refractivity contribution in [3.05, 3.63) is 29.8 Å². The van der Waals surface area contributed by atoms with E-state index >= 15 is 0 Å². The first-order valence-electron chi connectivity index (χ1n) is 4.53. The van der Waals surface area contributed by atoms with Gasteiger partial charge in [0.05, 0.1) is 19.1 Å². The Bertz CT molecular complexity index is 565. The van der Waals surface area contributed by atoms with E-state index in [0.29, 0.717) is 5.56 Å². The van der Waals surface area contributed by atoms with Crippen LogP contribution in [0.5, 0.6) is 0 Å². The highest BCUT2D eigenvalue weighted by molar-refractivity contribution is 7.85. The maximum atomic E-state index is 10.6. The molecular formula is C9H14O7S2. The first-order chi connectivity index (χ1) is 8.14. The molecule has 0 aliphatic carbocycles. The quantitative estimate of drug-likeness (QED) is 0.821. The minimum absolute atomic E-state index is 0.0278. The third-order valence-corrected chi connectivity index (χ3v) is 3.61. The van der Waals surface area contributed by atoms with Crippen molar-refractivity contribution in [2.24, 2.45) is 0 Å². The van der Waals surface area contributed by atoms with Crippen LogP contribution in [0.3, 0.4) is 0 Å². The van der Waals surface area contributed by atoms with E-state index in [1.807, 2.05) is 0 Å². The highest BCUT2D eigenvalue weighted by atomic mass is 32.3. The molecule has 1 N–H and O–H groups in total. The van der Waals surface area contributed by atoms with Crippen LogP contribution in [0.2, 0.25) is 0 Å². The summed E-state index contributed by atoms with van der Waals surface area (Å²) in [5.41, 5.74) is 0.551. The monoisotopic (exact) mass is 298 g/mol. The first-order valence-corrected chi connectivity index (χ1v) is 7.30. The van der Waals surface area contributed by atoms with Gasteiger partial charge in [-0.15, -0.1) is 0 Å². The number of hydrogen-bond acceptors (Lipinski definition) is 6. The Hall–Kier alpha value is -1.00. The largest absolute Gasteiger partial charge is 0.399 e. The highest BCUT2D eigenvalue weighted by Gasteiger charge is 2.10. The highest BCUT2D eigenvalue weighted by Crippen LogP contribution is 2.12. The van der Waals surface area contributed by atoms with Crippen molar-refractivity contribution in [1.29, 1.82) is 0 Å². The van der Waals surface area contributed by atoms with E-state index in [1.54, 1.807) is 25.1 Å². The van der Waals surface area contributed by atoms with Crippen LogP contribution in [0.4, 0.5) is 0 Å². The molecule has 0 amide bonds. The van der Waals surface area contributed by atoms with Crippen LogP contribution in [0.1, 0.15) is 5.56 Å². The summed E-state index contributed by atoms with van der Waals surface area (Å²) in [6.07, 6.45) is 0. The van der Waals surface area contributed by atoms with Crippen molar-refractivity contribution in [3.63, 3.8) is 0 Å². The van der Waals surface area contributed by atoms with Crippen LogP contribution in [0.25, 0.3) is 0 Å².